The first kappa shape index (κ1) is 10.3. The van der Waals surface area contributed by atoms with Crippen LogP contribution in [0.4, 0.5) is 8.78 Å². The van der Waals surface area contributed by atoms with Crippen molar-refractivity contribution in [3.63, 3.8) is 0 Å². The Bertz CT molecular complexity index is 241. The molecule has 82 valence electrons. The van der Waals surface area contributed by atoms with Crippen LogP contribution in [0.2, 0.25) is 0 Å². The Morgan fingerprint density at radius 3 is 2.14 bits per heavy atom. The van der Waals surface area contributed by atoms with Gasteiger partial charge in [-0.25, -0.2) is 8.78 Å². The lowest BCUT2D eigenvalue weighted by Crippen LogP contribution is -2.66. The molecule has 0 unspecified atom stereocenters. The Balaban J connectivity index is 1.94. The molecule has 0 saturated carbocycles. The predicted molar refractivity (Wildman–Crippen MR) is 49.6 cm³/mol. The average Bonchev–Trinajstić information content (AvgIpc) is 2.20. The molecule has 0 aromatic heterocycles. The highest BCUT2D eigenvalue weighted by Crippen LogP contribution is 2.44. The van der Waals surface area contributed by atoms with Gasteiger partial charge in [-0.05, 0) is 20.8 Å². The molecule has 0 radical (unpaired) electrons. The smallest absolute Gasteiger partial charge is 0.273 e. The molecule has 0 aromatic rings. The van der Waals surface area contributed by atoms with Gasteiger partial charge in [0.25, 0.3) is 5.92 Å². The maximum Gasteiger partial charge on any atom is 0.273 e. The Labute approximate surface area is 83.2 Å². The van der Waals surface area contributed by atoms with Crippen LogP contribution in [0.25, 0.3) is 0 Å². The Kier molecular flexibility index (Phi) is 1.96. The molecule has 2 fully saturated rings. The zero-order valence-corrected chi connectivity index (χ0v) is 8.94. The standard InChI is InChI=1S/C10H17F2NO/c1-8(2,3)13-5-9(6-13)4-10(11,12)7-14-9/h4-7H2,1-3H3. The molecule has 2 aliphatic rings. The number of hydrogen-bond acceptors (Lipinski definition) is 2. The molecule has 2 nitrogen and oxygen atoms in total. The third kappa shape index (κ3) is 1.65. The van der Waals surface area contributed by atoms with Gasteiger partial charge in [-0.2, -0.15) is 0 Å². The van der Waals surface area contributed by atoms with E-state index in [0.717, 1.165) is 0 Å². The van der Waals surface area contributed by atoms with E-state index in [-0.39, 0.29) is 12.0 Å². The third-order valence-corrected chi connectivity index (χ3v) is 3.08. The molecule has 0 bridgehead atoms. The second-order valence-corrected chi connectivity index (χ2v) is 5.53. The molecule has 2 aliphatic heterocycles. The fourth-order valence-corrected chi connectivity index (χ4v) is 2.16. The predicted octanol–water partition coefficient (Wildman–Crippen LogP) is 1.89. The van der Waals surface area contributed by atoms with Crippen LogP contribution in [0.1, 0.15) is 27.2 Å². The van der Waals surface area contributed by atoms with E-state index in [1.54, 1.807) is 0 Å². The third-order valence-electron chi connectivity index (χ3n) is 3.08. The van der Waals surface area contributed by atoms with Gasteiger partial charge in [-0.15, -0.1) is 0 Å². The van der Waals surface area contributed by atoms with Crippen molar-refractivity contribution in [3.8, 4) is 0 Å². The summed E-state index contributed by atoms with van der Waals surface area (Å²) in [7, 11) is 0. The first-order valence-electron chi connectivity index (χ1n) is 4.99. The number of alkyl halides is 2. The van der Waals surface area contributed by atoms with Gasteiger partial charge in [0.05, 0.1) is 5.60 Å². The van der Waals surface area contributed by atoms with Gasteiger partial charge >= 0.3 is 0 Å². The summed E-state index contributed by atoms with van der Waals surface area (Å²) in [5.74, 6) is -2.61. The van der Waals surface area contributed by atoms with Crippen LogP contribution < -0.4 is 0 Å². The molecule has 4 heteroatoms. The highest BCUT2D eigenvalue weighted by atomic mass is 19.3. The van der Waals surface area contributed by atoms with Crippen molar-refractivity contribution in [2.75, 3.05) is 19.7 Å². The van der Waals surface area contributed by atoms with Crippen LogP contribution in [0.5, 0.6) is 0 Å². The summed E-state index contributed by atoms with van der Waals surface area (Å²) in [4.78, 5) is 2.17. The fraction of sp³-hybridized carbons (Fsp3) is 1.00. The monoisotopic (exact) mass is 205 g/mol. The largest absolute Gasteiger partial charge is 0.366 e. The minimum atomic E-state index is -2.61. The molecule has 0 aromatic carbocycles. The highest BCUT2D eigenvalue weighted by Gasteiger charge is 2.58. The molecular formula is C10H17F2NO. The lowest BCUT2D eigenvalue weighted by atomic mass is 9.85. The van der Waals surface area contributed by atoms with Crippen LogP contribution in [0, 0.1) is 0 Å². The van der Waals surface area contributed by atoms with Gasteiger partial charge in [0.1, 0.15) is 6.61 Å². The second-order valence-electron chi connectivity index (χ2n) is 5.53. The molecule has 2 rings (SSSR count). The lowest BCUT2D eigenvalue weighted by Gasteiger charge is -2.53. The number of ether oxygens (including phenoxy) is 1. The molecule has 1 spiro atoms. The van der Waals surface area contributed by atoms with Crippen molar-refractivity contribution in [3.05, 3.63) is 0 Å². The summed E-state index contributed by atoms with van der Waals surface area (Å²) in [5, 5.41) is 0. The molecule has 14 heavy (non-hydrogen) atoms. The quantitative estimate of drug-likeness (QED) is 0.599. The van der Waals surface area contributed by atoms with Crippen LogP contribution in [-0.2, 0) is 4.74 Å². The van der Waals surface area contributed by atoms with Crippen molar-refractivity contribution in [1.82, 2.24) is 4.90 Å². The van der Waals surface area contributed by atoms with Crippen molar-refractivity contribution < 1.29 is 13.5 Å². The maximum absolute atomic E-state index is 12.9. The van der Waals surface area contributed by atoms with E-state index in [1.165, 1.54) is 0 Å². The first-order chi connectivity index (χ1) is 6.23. The lowest BCUT2D eigenvalue weighted by molar-refractivity contribution is -0.140. The van der Waals surface area contributed by atoms with Gasteiger partial charge in [0.2, 0.25) is 0 Å². The Morgan fingerprint density at radius 2 is 1.79 bits per heavy atom. The van der Waals surface area contributed by atoms with Crippen LogP contribution in [-0.4, -0.2) is 41.7 Å². The van der Waals surface area contributed by atoms with Crippen molar-refractivity contribution in [2.24, 2.45) is 0 Å². The van der Waals surface area contributed by atoms with Gasteiger partial charge in [0, 0.05) is 25.0 Å². The van der Waals surface area contributed by atoms with Crippen molar-refractivity contribution >= 4 is 0 Å². The fourth-order valence-electron chi connectivity index (χ4n) is 2.16. The summed E-state index contributed by atoms with van der Waals surface area (Å²) in [6.07, 6.45) is -0.105. The van der Waals surface area contributed by atoms with Crippen LogP contribution in [0.3, 0.4) is 0 Å². The number of rotatable bonds is 0. The summed E-state index contributed by atoms with van der Waals surface area (Å²) < 4.78 is 31.1. The zero-order chi connectivity index (χ0) is 10.6. The van der Waals surface area contributed by atoms with E-state index >= 15 is 0 Å². The van der Waals surface area contributed by atoms with E-state index in [9.17, 15) is 8.78 Å². The van der Waals surface area contributed by atoms with Gasteiger partial charge in [-0.3, -0.25) is 4.90 Å². The second kappa shape index (κ2) is 2.67. The van der Waals surface area contributed by atoms with Gasteiger partial charge in [0.15, 0.2) is 0 Å². The summed E-state index contributed by atoms with van der Waals surface area (Å²) in [5.41, 5.74) is -0.483. The minimum absolute atomic E-state index is 0.0620. The first-order valence-corrected chi connectivity index (χ1v) is 4.99. The zero-order valence-electron chi connectivity index (χ0n) is 8.94. The topological polar surface area (TPSA) is 12.5 Å². The minimum Gasteiger partial charge on any atom is -0.366 e. The van der Waals surface area contributed by atoms with Crippen molar-refractivity contribution in [2.45, 2.75) is 44.3 Å². The molecular weight excluding hydrogens is 188 g/mol. The van der Waals surface area contributed by atoms with Crippen LogP contribution in [0.15, 0.2) is 0 Å². The van der Waals surface area contributed by atoms with Crippen LogP contribution >= 0.6 is 0 Å². The molecule has 2 saturated heterocycles. The average molecular weight is 205 g/mol. The Morgan fingerprint density at radius 1 is 1.21 bits per heavy atom. The maximum atomic E-state index is 12.9. The summed E-state index contributed by atoms with van der Waals surface area (Å²) in [6, 6.07) is 0. The molecule has 0 aliphatic carbocycles. The van der Waals surface area contributed by atoms with E-state index in [1.807, 2.05) is 0 Å². The number of hydrogen-bond donors (Lipinski definition) is 0. The van der Waals surface area contributed by atoms with Gasteiger partial charge in [-0.1, -0.05) is 0 Å². The molecule has 0 amide bonds. The molecule has 0 atom stereocenters. The summed E-state index contributed by atoms with van der Waals surface area (Å²) in [6.45, 7) is 7.16. The summed E-state index contributed by atoms with van der Waals surface area (Å²) >= 11 is 0. The number of halogens is 2. The normalized spacial score (nSPS) is 30.6. The molecule has 0 N–H and O–H groups in total. The van der Waals surface area contributed by atoms with Gasteiger partial charge < -0.3 is 4.74 Å². The molecule has 2 heterocycles. The van der Waals surface area contributed by atoms with E-state index in [4.69, 9.17) is 4.74 Å². The SMILES string of the molecule is CC(C)(C)N1CC2(C1)CC(F)(F)CO2. The number of nitrogens with zero attached hydrogens (tertiary/aromatic N) is 1. The van der Waals surface area contributed by atoms with Crippen molar-refractivity contribution in [1.29, 1.82) is 0 Å². The highest BCUT2D eigenvalue weighted by molar-refractivity contribution is 5.07. The van der Waals surface area contributed by atoms with E-state index < -0.39 is 18.1 Å². The van der Waals surface area contributed by atoms with E-state index in [2.05, 4.69) is 25.7 Å². The van der Waals surface area contributed by atoms with E-state index in [0.29, 0.717) is 13.1 Å². The Hall–Kier alpha value is -0.220. The number of likely N-dealkylation sites (tertiary alicyclic amines) is 1.